The molecule has 1 N–H and O–H groups in total. The van der Waals surface area contributed by atoms with Gasteiger partial charge in [-0.3, -0.25) is 9.59 Å². The number of carbonyl (C=O) groups is 2. The minimum Gasteiger partial charge on any atom is -0.427 e. The Balaban J connectivity index is 1.48. The van der Waals surface area contributed by atoms with Crippen LogP contribution in [0.5, 0.6) is 5.75 Å². The van der Waals surface area contributed by atoms with Crippen molar-refractivity contribution < 1.29 is 19.4 Å². The highest BCUT2D eigenvalue weighted by atomic mass is 16.5. The lowest BCUT2D eigenvalue weighted by atomic mass is 9.55. The number of fused-ring (bicyclic) bond motifs is 2. The molecule has 0 spiro atoms. The van der Waals surface area contributed by atoms with Crippen LogP contribution in [0.25, 0.3) is 10.8 Å². The van der Waals surface area contributed by atoms with Crippen LogP contribution in [0.1, 0.15) is 48.5 Å². The minimum atomic E-state index is -0.932. The van der Waals surface area contributed by atoms with Crippen LogP contribution in [0.4, 0.5) is 0 Å². The molecular formula is C30H34N2O4. The van der Waals surface area contributed by atoms with Gasteiger partial charge in [0, 0.05) is 37.5 Å². The van der Waals surface area contributed by atoms with Gasteiger partial charge in [-0.15, -0.1) is 0 Å². The first-order valence-corrected chi connectivity index (χ1v) is 12.7. The SMILES string of the molecule is CC(=O)Oc1cccc(C23CCN(C)CC2(O)CCC(N(C)C(=O)c2ccc4ccccc4c2)C3)c1. The third-order valence-electron chi connectivity index (χ3n) is 8.33. The molecule has 2 aliphatic rings. The number of piperidine rings is 1. The largest absolute Gasteiger partial charge is 0.427 e. The summed E-state index contributed by atoms with van der Waals surface area (Å²) in [5.41, 5.74) is 0.161. The lowest BCUT2D eigenvalue weighted by Crippen LogP contribution is -2.66. The van der Waals surface area contributed by atoms with E-state index in [1.54, 1.807) is 6.07 Å². The van der Waals surface area contributed by atoms with Gasteiger partial charge < -0.3 is 19.6 Å². The number of hydrogen-bond donors (Lipinski definition) is 1. The molecular weight excluding hydrogens is 452 g/mol. The molecule has 36 heavy (non-hydrogen) atoms. The zero-order valence-corrected chi connectivity index (χ0v) is 21.2. The summed E-state index contributed by atoms with van der Waals surface area (Å²) < 4.78 is 5.39. The maximum Gasteiger partial charge on any atom is 0.308 e. The third kappa shape index (κ3) is 4.29. The maximum atomic E-state index is 13.6. The van der Waals surface area contributed by atoms with Crippen molar-refractivity contribution in [2.75, 3.05) is 27.2 Å². The summed E-state index contributed by atoms with van der Waals surface area (Å²) in [6.45, 7) is 2.80. The molecule has 0 radical (unpaired) electrons. The maximum absolute atomic E-state index is 13.6. The van der Waals surface area contributed by atoms with Gasteiger partial charge in [-0.05, 0) is 79.9 Å². The molecule has 1 heterocycles. The van der Waals surface area contributed by atoms with Crippen molar-refractivity contribution in [3.05, 3.63) is 77.9 Å². The van der Waals surface area contributed by atoms with Gasteiger partial charge in [-0.1, -0.05) is 42.5 Å². The molecule has 1 amide bonds. The lowest BCUT2D eigenvalue weighted by molar-refractivity contribution is -0.132. The van der Waals surface area contributed by atoms with E-state index >= 15 is 0 Å². The summed E-state index contributed by atoms with van der Waals surface area (Å²) in [6.07, 6.45) is 2.73. The third-order valence-corrected chi connectivity index (χ3v) is 8.33. The standard InChI is InChI=1S/C30H34N2O4/c1-21(33)36-27-10-6-9-25(18-27)29-15-16-31(2)20-30(29,35)14-13-26(19-29)32(3)28(34)24-12-11-22-7-4-5-8-23(22)17-24/h4-12,17-18,26,35H,13-16,19-20H2,1-3H3. The van der Waals surface area contributed by atoms with Gasteiger partial charge in [0.15, 0.2) is 0 Å². The first kappa shape index (κ1) is 24.5. The second kappa shape index (κ2) is 9.34. The van der Waals surface area contributed by atoms with Crippen LogP contribution in [0.3, 0.4) is 0 Å². The number of amides is 1. The molecule has 0 aromatic heterocycles. The molecule has 6 nitrogen and oxygen atoms in total. The molecule has 1 saturated heterocycles. The topological polar surface area (TPSA) is 70.1 Å². The van der Waals surface area contributed by atoms with Crippen molar-refractivity contribution in [3.8, 4) is 5.75 Å². The average Bonchev–Trinajstić information content (AvgIpc) is 2.86. The van der Waals surface area contributed by atoms with Crippen molar-refractivity contribution >= 4 is 22.6 Å². The Bertz CT molecular complexity index is 1310. The van der Waals surface area contributed by atoms with E-state index in [1.165, 1.54) is 6.92 Å². The Morgan fingerprint density at radius 2 is 1.81 bits per heavy atom. The first-order valence-electron chi connectivity index (χ1n) is 12.7. The van der Waals surface area contributed by atoms with Gasteiger partial charge in [0.05, 0.1) is 5.60 Å². The Morgan fingerprint density at radius 3 is 2.58 bits per heavy atom. The highest BCUT2D eigenvalue weighted by Gasteiger charge is 2.57. The van der Waals surface area contributed by atoms with E-state index in [4.69, 9.17) is 4.74 Å². The molecule has 3 aromatic carbocycles. The quantitative estimate of drug-likeness (QED) is 0.437. The Kier molecular flexibility index (Phi) is 6.35. The molecule has 2 fully saturated rings. The number of aliphatic hydroxyl groups is 1. The number of hydrogen-bond acceptors (Lipinski definition) is 5. The molecule has 6 heteroatoms. The van der Waals surface area contributed by atoms with Crippen LogP contribution in [-0.2, 0) is 10.2 Å². The molecule has 1 aliphatic carbocycles. The summed E-state index contributed by atoms with van der Waals surface area (Å²) in [5, 5.41) is 14.2. The van der Waals surface area contributed by atoms with Crippen molar-refractivity contribution in [1.82, 2.24) is 9.80 Å². The number of ether oxygens (including phenoxy) is 1. The van der Waals surface area contributed by atoms with Crippen molar-refractivity contribution in [3.63, 3.8) is 0 Å². The van der Waals surface area contributed by atoms with Crippen LogP contribution in [0, 0.1) is 0 Å². The van der Waals surface area contributed by atoms with E-state index < -0.39 is 11.0 Å². The number of benzene rings is 3. The van der Waals surface area contributed by atoms with E-state index in [9.17, 15) is 14.7 Å². The molecule has 0 bridgehead atoms. The van der Waals surface area contributed by atoms with Gasteiger partial charge in [-0.25, -0.2) is 0 Å². The number of carbonyl (C=O) groups excluding carboxylic acids is 2. The average molecular weight is 487 g/mol. The van der Waals surface area contributed by atoms with Crippen LogP contribution >= 0.6 is 0 Å². The number of likely N-dealkylation sites (tertiary alicyclic amines) is 1. The Morgan fingerprint density at radius 1 is 1.03 bits per heavy atom. The molecule has 1 saturated carbocycles. The number of esters is 1. The lowest BCUT2D eigenvalue weighted by Gasteiger charge is -2.58. The predicted molar refractivity (Wildman–Crippen MR) is 140 cm³/mol. The van der Waals surface area contributed by atoms with Crippen LogP contribution in [0.2, 0.25) is 0 Å². The fourth-order valence-electron chi connectivity index (χ4n) is 6.39. The van der Waals surface area contributed by atoms with Crippen molar-refractivity contribution in [2.45, 2.75) is 49.7 Å². The predicted octanol–water partition coefficient (Wildman–Crippen LogP) is 4.39. The van der Waals surface area contributed by atoms with E-state index in [0.29, 0.717) is 30.7 Å². The monoisotopic (exact) mass is 486 g/mol. The smallest absolute Gasteiger partial charge is 0.308 e. The van der Waals surface area contributed by atoms with E-state index in [1.807, 2.05) is 79.7 Å². The van der Waals surface area contributed by atoms with Gasteiger partial charge in [0.2, 0.25) is 0 Å². The van der Waals surface area contributed by atoms with E-state index in [2.05, 4.69) is 4.90 Å². The zero-order chi connectivity index (χ0) is 25.5. The highest BCUT2D eigenvalue weighted by Crippen LogP contribution is 2.52. The second-order valence-corrected chi connectivity index (χ2v) is 10.6. The summed E-state index contributed by atoms with van der Waals surface area (Å²) in [7, 11) is 3.92. The normalized spacial score (nSPS) is 26.3. The zero-order valence-electron chi connectivity index (χ0n) is 21.2. The van der Waals surface area contributed by atoms with E-state index in [-0.39, 0.29) is 17.9 Å². The molecule has 1 aliphatic heterocycles. The van der Waals surface area contributed by atoms with Crippen LogP contribution in [0.15, 0.2) is 66.7 Å². The van der Waals surface area contributed by atoms with Gasteiger partial charge in [0.25, 0.3) is 5.91 Å². The van der Waals surface area contributed by atoms with E-state index in [0.717, 1.165) is 35.7 Å². The van der Waals surface area contributed by atoms with Gasteiger partial charge in [-0.2, -0.15) is 0 Å². The number of rotatable bonds is 4. The first-order chi connectivity index (χ1) is 17.2. The van der Waals surface area contributed by atoms with Crippen LogP contribution < -0.4 is 4.74 Å². The fraction of sp³-hybridized carbons (Fsp3) is 0.400. The Labute approximate surface area is 212 Å². The molecule has 5 rings (SSSR count). The fourth-order valence-corrected chi connectivity index (χ4v) is 6.39. The Hall–Kier alpha value is -3.22. The van der Waals surface area contributed by atoms with Crippen LogP contribution in [-0.4, -0.2) is 65.6 Å². The highest BCUT2D eigenvalue weighted by molar-refractivity contribution is 5.98. The van der Waals surface area contributed by atoms with Gasteiger partial charge in [0.1, 0.15) is 5.75 Å². The molecule has 3 unspecified atom stereocenters. The minimum absolute atomic E-state index is 0.00654. The molecule has 3 aromatic rings. The summed E-state index contributed by atoms with van der Waals surface area (Å²) >= 11 is 0. The van der Waals surface area contributed by atoms with Crippen molar-refractivity contribution in [2.24, 2.45) is 0 Å². The van der Waals surface area contributed by atoms with Gasteiger partial charge >= 0.3 is 5.97 Å². The summed E-state index contributed by atoms with van der Waals surface area (Å²) in [4.78, 5) is 29.2. The summed E-state index contributed by atoms with van der Waals surface area (Å²) in [5.74, 6) is 0.108. The second-order valence-electron chi connectivity index (χ2n) is 10.6. The van der Waals surface area contributed by atoms with Crippen molar-refractivity contribution in [1.29, 1.82) is 0 Å². The molecule has 188 valence electrons. The number of β-amino-alcohol motifs (C(OH)–C–C–N with tert-alkyl or cyclic N) is 1. The number of likely N-dealkylation sites (N-methyl/N-ethyl adjacent to an activating group) is 1. The number of nitrogens with zero attached hydrogens (tertiary/aromatic N) is 2. The summed E-state index contributed by atoms with van der Waals surface area (Å²) in [6, 6.07) is 21.4. The molecule has 3 atom stereocenters.